The van der Waals surface area contributed by atoms with E-state index in [-0.39, 0.29) is 29.8 Å². The summed E-state index contributed by atoms with van der Waals surface area (Å²) < 4.78 is 25.4. The molecule has 7 nitrogen and oxygen atoms in total. The van der Waals surface area contributed by atoms with E-state index in [2.05, 4.69) is 48.5 Å². The molecule has 0 unspecified atom stereocenters. The Kier molecular flexibility index (Phi) is 9.42. The van der Waals surface area contributed by atoms with E-state index in [9.17, 15) is 14.4 Å². The van der Waals surface area contributed by atoms with Crippen molar-refractivity contribution >= 4 is 22.9 Å². The van der Waals surface area contributed by atoms with Gasteiger partial charge in [0.2, 0.25) is 0 Å². The van der Waals surface area contributed by atoms with Crippen LogP contribution in [0.15, 0.2) is 93.2 Å². The molecule has 8 rings (SSSR count). The quantitative estimate of drug-likeness (QED) is 0.118. The molecule has 4 aromatic rings. The summed E-state index contributed by atoms with van der Waals surface area (Å²) >= 11 is 0. The summed E-state index contributed by atoms with van der Waals surface area (Å²) in [5, 5.41) is 0.680. The van der Waals surface area contributed by atoms with Gasteiger partial charge < -0.3 is 18.6 Å². The van der Waals surface area contributed by atoms with Gasteiger partial charge in [0.15, 0.2) is 12.2 Å². The van der Waals surface area contributed by atoms with Crippen LogP contribution in [0, 0.1) is 5.92 Å². The lowest BCUT2D eigenvalue weighted by Gasteiger charge is -2.43. The number of rotatable bonds is 2. The van der Waals surface area contributed by atoms with Crippen molar-refractivity contribution < 1.29 is 28.2 Å². The molecule has 51 heavy (non-hydrogen) atoms. The lowest BCUT2D eigenvalue weighted by atomic mass is 9.68. The minimum atomic E-state index is -1.08. The van der Waals surface area contributed by atoms with E-state index in [0.29, 0.717) is 46.6 Å². The van der Waals surface area contributed by atoms with Crippen molar-refractivity contribution in [3.05, 3.63) is 122 Å². The lowest BCUT2D eigenvalue weighted by molar-refractivity contribution is -0.188. The maximum absolute atomic E-state index is 14.4. The zero-order chi connectivity index (χ0) is 36.0. The zero-order valence-corrected chi connectivity index (χ0v) is 30.5. The summed E-state index contributed by atoms with van der Waals surface area (Å²) in [5.74, 6) is 0.0525. The number of hydrogen-bond donors (Lipinski definition) is 0. The van der Waals surface area contributed by atoms with Crippen molar-refractivity contribution in [3.63, 3.8) is 0 Å². The highest BCUT2D eigenvalue weighted by atomic mass is 16.6. The van der Waals surface area contributed by atoms with Crippen LogP contribution in [-0.4, -0.2) is 23.6 Å². The molecular formula is C44H48O7. The predicted octanol–water partition coefficient (Wildman–Crippen LogP) is 9.62. The molecule has 2 bridgehead atoms. The molecule has 7 heteroatoms. The fraction of sp³-hybridized carbons (Fsp3) is 0.432. The Hall–Kier alpha value is -4.65. The van der Waals surface area contributed by atoms with Gasteiger partial charge >= 0.3 is 17.6 Å². The molecule has 1 saturated carbocycles. The zero-order valence-electron chi connectivity index (χ0n) is 30.5. The fourth-order valence-corrected chi connectivity index (χ4v) is 8.45. The topological polar surface area (TPSA) is 92.0 Å². The number of allylic oxidation sites excluding steroid dienone is 1. The van der Waals surface area contributed by atoms with Crippen molar-refractivity contribution in [3.8, 4) is 5.75 Å². The van der Waals surface area contributed by atoms with E-state index in [1.807, 2.05) is 65.8 Å². The predicted molar refractivity (Wildman–Crippen MR) is 197 cm³/mol. The van der Waals surface area contributed by atoms with E-state index >= 15 is 0 Å². The highest BCUT2D eigenvalue weighted by Gasteiger charge is 2.51. The highest BCUT2D eigenvalue weighted by Crippen LogP contribution is 2.49. The largest absolute Gasteiger partial charge is 0.483 e. The monoisotopic (exact) mass is 688 g/mol. The molecule has 0 radical (unpaired) electrons. The van der Waals surface area contributed by atoms with Gasteiger partial charge in [-0.1, -0.05) is 74.0 Å². The molecule has 5 atom stereocenters. The first-order chi connectivity index (χ1) is 24.4. The van der Waals surface area contributed by atoms with Gasteiger partial charge in [0.1, 0.15) is 16.9 Å². The summed E-state index contributed by atoms with van der Waals surface area (Å²) in [6.45, 7) is 11.4. The minimum Gasteiger partial charge on any atom is -0.483 e. The van der Waals surface area contributed by atoms with Crippen LogP contribution in [0.3, 0.4) is 0 Å². The number of ether oxygens (including phenoxy) is 3. The molecule has 3 aromatic carbocycles. The van der Waals surface area contributed by atoms with Gasteiger partial charge in [-0.2, -0.15) is 0 Å². The van der Waals surface area contributed by atoms with Crippen LogP contribution in [-0.2, 0) is 25.5 Å². The Bertz CT molecular complexity index is 2030. The molecule has 4 heterocycles. The van der Waals surface area contributed by atoms with Gasteiger partial charge in [-0.25, -0.2) is 9.59 Å². The standard InChI is InChI=1S/C44H48O7/c1-25(2)33-19-14-27-12-15-29(16-13-27)34-20-17-30(28-10-8-7-9-11-28)22-32(34)24-37(45)48-40-38-36(51-44(5,6)41(40)50-42(33)46)21-18-31-23-35(26(3)4)43(47)49-39(31)38/h7-13,15-16,18,21,23,26,30,32,34,40-41H,14,17,19-20,22,24H2,1-6H3/t30-,32+,34-,40-,41+/m1/s1. The molecule has 0 saturated heterocycles. The Morgan fingerprint density at radius 1 is 0.843 bits per heavy atom. The SMILES string of the molecule is CC(C)=C1CCc2ccc(cc2)[C@H]2CC[C@@H](c3ccccc3)C[C@H]2CC(=O)O[C@@H]2c3c(ccc4cc(C(C)C)c(=O)oc34)OC(C)(C)[C@H]2OC1=O. The number of carbonyl (C=O) groups excluding carboxylic acids is 2. The molecule has 0 N–H and O–H groups in total. The van der Waals surface area contributed by atoms with Gasteiger partial charge in [-0.05, 0) is 118 Å². The van der Waals surface area contributed by atoms with Crippen LogP contribution in [0.5, 0.6) is 5.75 Å². The van der Waals surface area contributed by atoms with Crippen molar-refractivity contribution in [1.82, 2.24) is 0 Å². The number of aryl methyl sites for hydroxylation is 1. The Morgan fingerprint density at radius 3 is 2.29 bits per heavy atom. The van der Waals surface area contributed by atoms with Gasteiger partial charge in [0, 0.05) is 22.9 Å². The van der Waals surface area contributed by atoms with Crippen LogP contribution >= 0.6 is 0 Å². The van der Waals surface area contributed by atoms with Gasteiger partial charge in [-0.3, -0.25) is 4.79 Å². The van der Waals surface area contributed by atoms with Gasteiger partial charge in [-0.15, -0.1) is 0 Å². The molecular weight excluding hydrogens is 640 g/mol. The first kappa shape index (κ1) is 34.8. The van der Waals surface area contributed by atoms with Crippen LogP contribution in [0.2, 0.25) is 0 Å². The molecule has 1 aromatic heterocycles. The average Bonchev–Trinajstić information content (AvgIpc) is 3.09. The fourth-order valence-electron chi connectivity index (χ4n) is 8.45. The summed E-state index contributed by atoms with van der Waals surface area (Å²) in [6, 6.07) is 24.7. The van der Waals surface area contributed by atoms with Crippen LogP contribution in [0.1, 0.15) is 125 Å². The third kappa shape index (κ3) is 6.87. The Morgan fingerprint density at radius 2 is 1.59 bits per heavy atom. The van der Waals surface area contributed by atoms with Crippen LogP contribution in [0.25, 0.3) is 11.0 Å². The van der Waals surface area contributed by atoms with Crippen molar-refractivity contribution in [2.45, 2.75) is 116 Å². The average molecular weight is 689 g/mol. The van der Waals surface area contributed by atoms with E-state index in [1.54, 1.807) is 0 Å². The summed E-state index contributed by atoms with van der Waals surface area (Å²) in [4.78, 5) is 41.8. The highest BCUT2D eigenvalue weighted by molar-refractivity contribution is 5.90. The lowest BCUT2D eigenvalue weighted by Crippen LogP contribution is -2.52. The first-order valence-electron chi connectivity index (χ1n) is 18.4. The Labute approximate surface area is 300 Å². The number of fused-ring (bicyclic) bond motifs is 11. The van der Waals surface area contributed by atoms with E-state index in [1.165, 1.54) is 11.1 Å². The van der Waals surface area contributed by atoms with Gasteiger partial charge in [0.25, 0.3) is 0 Å². The van der Waals surface area contributed by atoms with Crippen LogP contribution in [0.4, 0.5) is 0 Å². The van der Waals surface area contributed by atoms with Gasteiger partial charge in [0.05, 0.1) is 5.56 Å². The number of hydrogen-bond acceptors (Lipinski definition) is 7. The van der Waals surface area contributed by atoms with Crippen molar-refractivity contribution in [2.24, 2.45) is 5.92 Å². The maximum atomic E-state index is 14.4. The molecule has 1 aliphatic carbocycles. The summed E-state index contributed by atoms with van der Waals surface area (Å²) in [7, 11) is 0. The molecule has 1 fully saturated rings. The normalized spacial score (nSPS) is 24.9. The van der Waals surface area contributed by atoms with E-state index in [4.69, 9.17) is 18.6 Å². The molecule has 0 amide bonds. The van der Waals surface area contributed by atoms with Crippen molar-refractivity contribution in [2.75, 3.05) is 0 Å². The molecule has 3 aliphatic heterocycles. The molecule has 4 aliphatic rings. The second kappa shape index (κ2) is 13.8. The summed E-state index contributed by atoms with van der Waals surface area (Å²) in [6.07, 6.45) is 2.11. The number of benzene rings is 3. The van der Waals surface area contributed by atoms with E-state index in [0.717, 1.165) is 30.4 Å². The molecule has 0 spiro atoms. The van der Waals surface area contributed by atoms with E-state index < -0.39 is 35.4 Å². The maximum Gasteiger partial charge on any atom is 0.339 e. The third-order valence-corrected chi connectivity index (χ3v) is 11.3. The first-order valence-corrected chi connectivity index (χ1v) is 18.4. The number of esters is 2. The second-order valence-electron chi connectivity index (χ2n) is 15.7. The second-order valence-corrected chi connectivity index (χ2v) is 15.7. The van der Waals surface area contributed by atoms with Crippen molar-refractivity contribution in [1.29, 1.82) is 0 Å². The summed E-state index contributed by atoms with van der Waals surface area (Å²) in [5.41, 5.74) is 4.76. The smallest absolute Gasteiger partial charge is 0.339 e. The minimum absolute atomic E-state index is 0.0276. The third-order valence-electron chi connectivity index (χ3n) is 11.3. The van der Waals surface area contributed by atoms with Crippen LogP contribution < -0.4 is 10.4 Å². The Balaban J connectivity index is 1.35. The number of carbonyl (C=O) groups is 2. The molecule has 266 valence electrons.